The van der Waals surface area contributed by atoms with Gasteiger partial charge in [0.15, 0.2) is 0 Å². The Balaban J connectivity index is 2.87. The zero-order valence-corrected chi connectivity index (χ0v) is 24.5. The van der Waals surface area contributed by atoms with Gasteiger partial charge in [0.25, 0.3) is 0 Å². The second-order valence-electron chi connectivity index (χ2n) is 11.4. The summed E-state index contributed by atoms with van der Waals surface area (Å²) < 4.78 is 0. The van der Waals surface area contributed by atoms with Crippen molar-refractivity contribution in [3.63, 3.8) is 0 Å². The van der Waals surface area contributed by atoms with E-state index in [4.69, 9.17) is 0 Å². The van der Waals surface area contributed by atoms with Crippen molar-refractivity contribution in [1.29, 1.82) is 0 Å². The molecule has 1 rings (SSSR count). The monoisotopic (exact) mass is 485 g/mol. The van der Waals surface area contributed by atoms with Crippen molar-refractivity contribution in [1.82, 2.24) is 0 Å². The summed E-state index contributed by atoms with van der Waals surface area (Å²) in [6, 6.07) is 11.4. The molecule has 0 fully saturated rings. The van der Waals surface area contributed by atoms with E-state index >= 15 is 0 Å². The predicted octanol–water partition coefficient (Wildman–Crippen LogP) is 11.6. The Morgan fingerprint density at radius 2 is 0.800 bits per heavy atom. The van der Waals surface area contributed by atoms with Crippen molar-refractivity contribution in [2.45, 2.75) is 156 Å². The van der Waals surface area contributed by atoms with Crippen molar-refractivity contribution >= 4 is 5.69 Å². The van der Waals surface area contributed by atoms with Gasteiger partial charge < -0.3 is 4.90 Å². The number of para-hydroxylation sites is 1. The van der Waals surface area contributed by atoms with Crippen LogP contribution in [0.4, 0.5) is 5.69 Å². The first-order chi connectivity index (χ1) is 17.2. The number of unbranched alkanes of at least 4 members (excludes halogenated alkanes) is 12. The van der Waals surface area contributed by atoms with Crippen molar-refractivity contribution in [2.24, 2.45) is 11.8 Å². The fourth-order valence-corrected chi connectivity index (χ4v) is 5.64. The van der Waals surface area contributed by atoms with E-state index in [0.717, 1.165) is 11.8 Å². The predicted molar refractivity (Wildman–Crippen MR) is 161 cm³/mol. The molecule has 1 aromatic carbocycles. The number of rotatable bonds is 25. The first kappa shape index (κ1) is 32.0. The van der Waals surface area contributed by atoms with Gasteiger partial charge >= 0.3 is 0 Å². The van der Waals surface area contributed by atoms with Crippen molar-refractivity contribution in [3.05, 3.63) is 30.3 Å². The normalized spacial score (nSPS) is 11.6. The lowest BCUT2D eigenvalue weighted by atomic mass is 9.91. The lowest BCUT2D eigenvalue weighted by Gasteiger charge is -2.33. The van der Waals surface area contributed by atoms with E-state index in [1.165, 1.54) is 147 Å². The summed E-state index contributed by atoms with van der Waals surface area (Å²) in [7, 11) is 0. The number of nitrogens with zero attached hydrogens (tertiary/aromatic N) is 1. The molecule has 1 heteroatoms. The summed E-state index contributed by atoms with van der Waals surface area (Å²) in [6.45, 7) is 11.9. The summed E-state index contributed by atoms with van der Waals surface area (Å²) in [5.74, 6) is 1.70. The Morgan fingerprint density at radius 3 is 1.11 bits per heavy atom. The highest BCUT2D eigenvalue weighted by atomic mass is 15.1. The largest absolute Gasteiger partial charge is 0.371 e. The highest BCUT2D eigenvalue weighted by Gasteiger charge is 2.19. The molecule has 0 N–H and O–H groups in total. The molecule has 0 bridgehead atoms. The third kappa shape index (κ3) is 17.2. The zero-order valence-electron chi connectivity index (χ0n) is 24.5. The van der Waals surface area contributed by atoms with E-state index in [1.807, 2.05) is 0 Å². The van der Waals surface area contributed by atoms with Crippen molar-refractivity contribution in [2.75, 3.05) is 18.0 Å². The maximum Gasteiger partial charge on any atom is 0.0366 e. The molecule has 35 heavy (non-hydrogen) atoms. The van der Waals surface area contributed by atoms with Gasteiger partial charge in [0, 0.05) is 18.8 Å². The molecule has 0 radical (unpaired) electrons. The minimum Gasteiger partial charge on any atom is -0.371 e. The molecule has 1 nitrogen and oxygen atoms in total. The number of hydrogen-bond acceptors (Lipinski definition) is 1. The van der Waals surface area contributed by atoms with E-state index in [9.17, 15) is 0 Å². The van der Waals surface area contributed by atoms with Crippen LogP contribution in [-0.2, 0) is 0 Å². The van der Waals surface area contributed by atoms with Crippen LogP contribution in [0.15, 0.2) is 30.3 Å². The van der Waals surface area contributed by atoms with Gasteiger partial charge in [0.1, 0.15) is 0 Å². The van der Waals surface area contributed by atoms with E-state index in [0.29, 0.717) is 0 Å². The van der Waals surface area contributed by atoms with Crippen LogP contribution < -0.4 is 4.90 Å². The van der Waals surface area contributed by atoms with Gasteiger partial charge in [-0.25, -0.2) is 0 Å². The Kier molecular flexibility index (Phi) is 21.4. The van der Waals surface area contributed by atoms with Crippen LogP contribution in [0.5, 0.6) is 0 Å². The fraction of sp³-hybridized carbons (Fsp3) is 0.824. The van der Waals surface area contributed by atoms with Crippen LogP contribution in [0.25, 0.3) is 0 Å². The Morgan fingerprint density at radius 1 is 0.457 bits per heavy atom. The van der Waals surface area contributed by atoms with Gasteiger partial charge in [-0.1, -0.05) is 149 Å². The second-order valence-corrected chi connectivity index (χ2v) is 11.4. The molecule has 204 valence electrons. The Hall–Kier alpha value is -0.980. The van der Waals surface area contributed by atoms with Crippen LogP contribution in [0, 0.1) is 11.8 Å². The van der Waals surface area contributed by atoms with Crippen LogP contribution in [-0.4, -0.2) is 13.1 Å². The van der Waals surface area contributed by atoms with Crippen LogP contribution in [0.1, 0.15) is 156 Å². The molecule has 0 atom stereocenters. The molecule has 0 unspecified atom stereocenters. The lowest BCUT2D eigenvalue weighted by Crippen LogP contribution is -2.34. The SMILES string of the molecule is CCCCCCC(CCCCCC)CN(CC(CCCCCC)CCCCCC)c1ccccc1. The number of benzene rings is 1. The molecular weight excluding hydrogens is 422 g/mol. The summed E-state index contributed by atoms with van der Waals surface area (Å²) >= 11 is 0. The van der Waals surface area contributed by atoms with E-state index in [1.54, 1.807) is 0 Å². The average molecular weight is 486 g/mol. The Labute approximate surface area is 221 Å². The third-order valence-corrected chi connectivity index (χ3v) is 7.94. The van der Waals surface area contributed by atoms with Crippen molar-refractivity contribution in [3.8, 4) is 0 Å². The molecule has 1 aromatic rings. The molecule has 0 aliphatic rings. The summed E-state index contributed by atoms with van der Waals surface area (Å²) in [4.78, 5) is 2.81. The number of anilines is 1. The van der Waals surface area contributed by atoms with Gasteiger partial charge in [-0.2, -0.15) is 0 Å². The molecular formula is C34H63N. The highest BCUT2D eigenvalue weighted by molar-refractivity contribution is 5.46. The maximum absolute atomic E-state index is 2.81. The van der Waals surface area contributed by atoms with Crippen LogP contribution in [0.3, 0.4) is 0 Å². The third-order valence-electron chi connectivity index (χ3n) is 7.94. The molecule has 0 aliphatic carbocycles. The van der Waals surface area contributed by atoms with E-state index in [2.05, 4.69) is 62.9 Å². The van der Waals surface area contributed by atoms with Gasteiger partial charge in [-0.05, 0) is 49.7 Å². The summed E-state index contributed by atoms with van der Waals surface area (Å²) in [5.41, 5.74) is 1.46. The minimum absolute atomic E-state index is 0.852. The number of hydrogen-bond donors (Lipinski definition) is 0. The van der Waals surface area contributed by atoms with E-state index in [-0.39, 0.29) is 0 Å². The second kappa shape index (κ2) is 23.4. The Bertz CT molecular complexity index is 485. The summed E-state index contributed by atoms with van der Waals surface area (Å²) in [5, 5.41) is 0. The highest BCUT2D eigenvalue weighted by Crippen LogP contribution is 2.27. The van der Waals surface area contributed by atoms with Gasteiger partial charge in [-0.3, -0.25) is 0 Å². The molecule has 0 aliphatic heterocycles. The average Bonchev–Trinajstić information content (AvgIpc) is 2.89. The molecule has 0 amide bonds. The molecule has 0 aromatic heterocycles. The van der Waals surface area contributed by atoms with Gasteiger partial charge in [0.05, 0.1) is 0 Å². The fourth-order valence-electron chi connectivity index (χ4n) is 5.64. The van der Waals surface area contributed by atoms with E-state index < -0.39 is 0 Å². The van der Waals surface area contributed by atoms with Crippen molar-refractivity contribution < 1.29 is 0 Å². The molecule has 0 saturated heterocycles. The van der Waals surface area contributed by atoms with Gasteiger partial charge in [0.2, 0.25) is 0 Å². The molecule has 0 spiro atoms. The lowest BCUT2D eigenvalue weighted by molar-refractivity contribution is 0.368. The maximum atomic E-state index is 2.81. The quantitative estimate of drug-likeness (QED) is 0.124. The van der Waals surface area contributed by atoms with Crippen LogP contribution >= 0.6 is 0 Å². The first-order valence-corrected chi connectivity index (χ1v) is 16.0. The first-order valence-electron chi connectivity index (χ1n) is 16.0. The molecule has 0 heterocycles. The minimum atomic E-state index is 0.852. The van der Waals surface area contributed by atoms with Crippen LogP contribution in [0.2, 0.25) is 0 Å². The standard InChI is InChI=1S/C34H63N/c1-5-9-13-18-24-32(25-19-14-10-6-2)30-35(34-28-22-17-23-29-34)31-33(26-20-15-11-7-3)27-21-16-12-8-4/h17,22-23,28-29,32-33H,5-16,18-21,24-27,30-31H2,1-4H3. The smallest absolute Gasteiger partial charge is 0.0366 e. The van der Waals surface area contributed by atoms with Gasteiger partial charge in [-0.15, -0.1) is 0 Å². The topological polar surface area (TPSA) is 3.24 Å². The molecule has 0 saturated carbocycles. The summed E-state index contributed by atoms with van der Waals surface area (Å²) in [6.07, 6.45) is 28.1. The zero-order chi connectivity index (χ0) is 25.4.